The molecule has 0 aliphatic rings. The monoisotopic (exact) mass is 281 g/mol. The molecular weight excluding hydrogens is 261 g/mol. The summed E-state index contributed by atoms with van der Waals surface area (Å²) in [5.74, 6) is -0.352. The molecule has 2 aromatic carbocycles. The topological polar surface area (TPSA) is 52.3 Å². The van der Waals surface area contributed by atoms with Crippen LogP contribution in [0.25, 0.3) is 0 Å². The number of hydrogen-bond donors (Lipinski definition) is 1. The van der Waals surface area contributed by atoms with Crippen LogP contribution in [0.1, 0.15) is 19.8 Å². The smallest absolute Gasteiger partial charge is 0.429 e. The molecule has 2 rings (SSSR count). The van der Waals surface area contributed by atoms with E-state index in [1.165, 1.54) is 0 Å². The summed E-state index contributed by atoms with van der Waals surface area (Å²) < 4.78 is 5.67. The Morgan fingerprint density at radius 3 is 1.95 bits per heavy atom. The Labute approximate surface area is 126 Å². The van der Waals surface area contributed by atoms with Gasteiger partial charge in [0.25, 0.3) is 0 Å². The molecule has 108 valence electrons. The second kappa shape index (κ2) is 7.65. The van der Waals surface area contributed by atoms with Gasteiger partial charge in [0.05, 0.1) is 0 Å². The van der Waals surface area contributed by atoms with Gasteiger partial charge in [-0.15, -0.1) is 0 Å². The molecule has 0 radical (unpaired) electrons. The molecule has 1 atom stereocenters. The fourth-order valence-corrected chi connectivity index (χ4v) is 2.22. The summed E-state index contributed by atoms with van der Waals surface area (Å²) in [5.41, 5.74) is 7.75. The van der Waals surface area contributed by atoms with E-state index < -0.39 is 13.0 Å². The van der Waals surface area contributed by atoms with Gasteiger partial charge in [0, 0.05) is 0 Å². The highest BCUT2D eigenvalue weighted by Gasteiger charge is 2.27. The Hall–Kier alpha value is -2.07. The van der Waals surface area contributed by atoms with Crippen molar-refractivity contribution in [2.75, 3.05) is 0 Å². The summed E-state index contributed by atoms with van der Waals surface area (Å²) in [5, 5.41) is 0. The highest BCUT2D eigenvalue weighted by molar-refractivity contribution is 6.81. The average molecular weight is 281 g/mol. The van der Waals surface area contributed by atoms with Gasteiger partial charge in [-0.1, -0.05) is 74.0 Å². The SMILES string of the molecule is CCC[C@H](N)C(=O)OB(c1ccccc1)c1ccccc1. The molecule has 3 nitrogen and oxygen atoms in total. The Bertz CT molecular complexity index is 520. The van der Waals surface area contributed by atoms with Crippen LogP contribution >= 0.6 is 0 Å². The molecule has 2 aromatic rings. The molecule has 4 heteroatoms. The lowest BCUT2D eigenvalue weighted by Crippen LogP contribution is -2.49. The summed E-state index contributed by atoms with van der Waals surface area (Å²) in [6.07, 6.45) is 1.49. The van der Waals surface area contributed by atoms with E-state index in [0.29, 0.717) is 6.42 Å². The van der Waals surface area contributed by atoms with E-state index in [0.717, 1.165) is 17.3 Å². The van der Waals surface area contributed by atoms with Crippen LogP contribution in [0.3, 0.4) is 0 Å². The third kappa shape index (κ3) is 4.20. The summed E-state index contributed by atoms with van der Waals surface area (Å²) in [7, 11) is 0. The first-order valence-corrected chi connectivity index (χ1v) is 7.28. The van der Waals surface area contributed by atoms with Crippen LogP contribution in [0.5, 0.6) is 0 Å². The van der Waals surface area contributed by atoms with Crippen molar-refractivity contribution in [2.24, 2.45) is 5.73 Å². The van der Waals surface area contributed by atoms with Crippen molar-refractivity contribution in [3.8, 4) is 0 Å². The number of benzene rings is 2. The van der Waals surface area contributed by atoms with E-state index in [1.807, 2.05) is 67.6 Å². The van der Waals surface area contributed by atoms with Gasteiger partial charge in [-0.2, -0.15) is 0 Å². The molecule has 21 heavy (non-hydrogen) atoms. The quantitative estimate of drug-likeness (QED) is 0.816. The van der Waals surface area contributed by atoms with Gasteiger partial charge in [-0.05, 0) is 17.3 Å². The van der Waals surface area contributed by atoms with Crippen LogP contribution in [0.4, 0.5) is 0 Å². The van der Waals surface area contributed by atoms with Crippen molar-refractivity contribution in [1.82, 2.24) is 0 Å². The van der Waals surface area contributed by atoms with E-state index in [1.54, 1.807) is 0 Å². The molecule has 0 spiro atoms. The van der Waals surface area contributed by atoms with Crippen molar-refractivity contribution in [3.05, 3.63) is 60.7 Å². The first kappa shape index (κ1) is 15.3. The van der Waals surface area contributed by atoms with Gasteiger partial charge >= 0.3 is 12.9 Å². The first-order chi connectivity index (χ1) is 10.2. The van der Waals surface area contributed by atoms with Crippen molar-refractivity contribution in [1.29, 1.82) is 0 Å². The van der Waals surface area contributed by atoms with Crippen molar-refractivity contribution in [2.45, 2.75) is 25.8 Å². The number of carbonyl (C=O) groups excluding carboxylic acids is 1. The second-order valence-electron chi connectivity index (χ2n) is 5.03. The molecule has 0 aliphatic heterocycles. The number of rotatable bonds is 6. The second-order valence-corrected chi connectivity index (χ2v) is 5.03. The molecule has 0 amide bonds. The number of hydrogen-bond acceptors (Lipinski definition) is 3. The molecule has 0 aromatic heterocycles. The van der Waals surface area contributed by atoms with Crippen LogP contribution in [0.2, 0.25) is 0 Å². The van der Waals surface area contributed by atoms with Gasteiger partial charge in [0.15, 0.2) is 0 Å². The maximum atomic E-state index is 12.1. The fourth-order valence-electron chi connectivity index (χ4n) is 2.22. The summed E-state index contributed by atoms with van der Waals surface area (Å²) in [4.78, 5) is 12.1. The fraction of sp³-hybridized carbons (Fsp3) is 0.235. The van der Waals surface area contributed by atoms with Crippen molar-refractivity contribution in [3.63, 3.8) is 0 Å². The highest BCUT2D eigenvalue weighted by atomic mass is 16.5. The van der Waals surface area contributed by atoms with E-state index in [2.05, 4.69) is 0 Å². The first-order valence-electron chi connectivity index (χ1n) is 7.28. The third-order valence-corrected chi connectivity index (χ3v) is 3.34. The number of nitrogens with two attached hydrogens (primary N) is 1. The van der Waals surface area contributed by atoms with Gasteiger partial charge in [-0.25, -0.2) is 0 Å². The molecule has 0 fully saturated rings. The molecule has 2 N–H and O–H groups in total. The molecule has 0 saturated heterocycles. The highest BCUT2D eigenvalue weighted by Crippen LogP contribution is 2.00. The lowest BCUT2D eigenvalue weighted by Gasteiger charge is -2.18. The molecule has 0 aliphatic carbocycles. The average Bonchev–Trinajstić information content (AvgIpc) is 2.54. The van der Waals surface area contributed by atoms with Crippen LogP contribution in [0, 0.1) is 0 Å². The summed E-state index contributed by atoms with van der Waals surface area (Å²) in [6.45, 7) is 1.58. The standard InChI is InChI=1S/C17H20BNO2/c1-2-9-16(19)17(20)21-18(14-10-5-3-6-11-14)15-12-7-4-8-13-15/h3-8,10-13,16H,2,9,19H2,1H3/t16-/m0/s1. The minimum Gasteiger partial charge on any atom is -0.525 e. The number of carbonyl (C=O) groups is 1. The van der Waals surface area contributed by atoms with Gasteiger partial charge in [0.1, 0.15) is 6.04 Å². The normalized spacial score (nSPS) is 11.7. The minimum atomic E-state index is -0.565. The summed E-state index contributed by atoms with van der Waals surface area (Å²) >= 11 is 0. The Kier molecular flexibility index (Phi) is 5.58. The van der Waals surface area contributed by atoms with Gasteiger partial charge in [0.2, 0.25) is 0 Å². The zero-order chi connectivity index (χ0) is 15.1. The lowest BCUT2D eigenvalue weighted by molar-refractivity contribution is -0.136. The van der Waals surface area contributed by atoms with Crippen molar-refractivity contribution >= 4 is 23.8 Å². The molecule has 0 unspecified atom stereocenters. The third-order valence-electron chi connectivity index (χ3n) is 3.34. The maximum absolute atomic E-state index is 12.1. The van der Waals surface area contributed by atoms with E-state index in [4.69, 9.17) is 10.4 Å². The Morgan fingerprint density at radius 1 is 1.05 bits per heavy atom. The molecule has 0 saturated carbocycles. The van der Waals surface area contributed by atoms with E-state index in [-0.39, 0.29) is 5.97 Å². The molecule has 0 bridgehead atoms. The zero-order valence-electron chi connectivity index (χ0n) is 12.2. The van der Waals surface area contributed by atoms with Crippen LogP contribution < -0.4 is 16.7 Å². The van der Waals surface area contributed by atoms with E-state index in [9.17, 15) is 4.79 Å². The van der Waals surface area contributed by atoms with Gasteiger partial charge < -0.3 is 10.4 Å². The Balaban J connectivity index is 2.23. The lowest BCUT2D eigenvalue weighted by atomic mass is 9.55. The van der Waals surface area contributed by atoms with Crippen LogP contribution in [0.15, 0.2) is 60.7 Å². The van der Waals surface area contributed by atoms with Gasteiger partial charge in [-0.3, -0.25) is 4.79 Å². The maximum Gasteiger partial charge on any atom is 0.429 e. The zero-order valence-corrected chi connectivity index (χ0v) is 12.2. The molecule has 0 heterocycles. The minimum absolute atomic E-state index is 0.352. The van der Waals surface area contributed by atoms with Crippen LogP contribution in [-0.4, -0.2) is 18.9 Å². The van der Waals surface area contributed by atoms with Crippen molar-refractivity contribution < 1.29 is 9.45 Å². The predicted octanol–water partition coefficient (Wildman–Crippen LogP) is 1.46. The largest absolute Gasteiger partial charge is 0.525 e. The summed E-state index contributed by atoms with van der Waals surface area (Å²) in [6, 6.07) is 18.9. The van der Waals surface area contributed by atoms with Crippen LogP contribution in [-0.2, 0) is 9.45 Å². The molecular formula is C17H20BNO2. The Morgan fingerprint density at radius 2 is 1.52 bits per heavy atom. The van der Waals surface area contributed by atoms with E-state index >= 15 is 0 Å². The predicted molar refractivity (Wildman–Crippen MR) is 86.9 cm³/mol.